The van der Waals surface area contributed by atoms with Crippen molar-refractivity contribution in [1.82, 2.24) is 0 Å². The summed E-state index contributed by atoms with van der Waals surface area (Å²) in [5, 5.41) is 4.23. The molecule has 0 fully saturated rings. The second kappa shape index (κ2) is 5.30. The second-order valence-corrected chi connectivity index (χ2v) is 4.10. The van der Waals surface area contributed by atoms with Gasteiger partial charge in [-0.05, 0) is 31.0 Å². The van der Waals surface area contributed by atoms with Crippen molar-refractivity contribution >= 4 is 11.9 Å². The number of nitrogens with one attached hydrogen (secondary N) is 1. The molecule has 0 unspecified atom stereocenters. The summed E-state index contributed by atoms with van der Waals surface area (Å²) in [5.74, 6) is 0. The van der Waals surface area contributed by atoms with Gasteiger partial charge in [-0.1, -0.05) is 48.0 Å². The molecule has 0 radical (unpaired) electrons. The second-order valence-electron chi connectivity index (χ2n) is 4.10. The van der Waals surface area contributed by atoms with Gasteiger partial charge in [-0.3, -0.25) is 5.43 Å². The highest BCUT2D eigenvalue weighted by Gasteiger charge is 1.92. The molecule has 1 N–H and O–H groups in total. The van der Waals surface area contributed by atoms with Crippen LogP contribution in [-0.2, 0) is 0 Å². The number of rotatable bonds is 3. The number of hydrazone groups is 1. The van der Waals surface area contributed by atoms with Crippen LogP contribution < -0.4 is 5.43 Å². The van der Waals surface area contributed by atoms with Gasteiger partial charge in [0.25, 0.3) is 0 Å². The van der Waals surface area contributed by atoms with E-state index in [0.29, 0.717) is 0 Å². The lowest BCUT2D eigenvalue weighted by Crippen LogP contribution is -1.92. The standard InChI is InChI=1S/C15H16N2/c1-12-7-9-14(10-8-12)11-16-17-15-6-4-3-5-13(15)2/h3-11,17H,1-2H3/b16-11+. The average Bonchev–Trinajstić information content (AvgIpc) is 2.34. The van der Waals surface area contributed by atoms with E-state index >= 15 is 0 Å². The minimum absolute atomic E-state index is 1.04. The normalized spacial score (nSPS) is 10.7. The van der Waals surface area contributed by atoms with Crippen molar-refractivity contribution in [3.05, 3.63) is 65.2 Å². The highest BCUT2D eigenvalue weighted by molar-refractivity contribution is 5.80. The monoisotopic (exact) mass is 224 g/mol. The van der Waals surface area contributed by atoms with Crippen molar-refractivity contribution in [3.8, 4) is 0 Å². The van der Waals surface area contributed by atoms with Crippen LogP contribution in [0.4, 0.5) is 5.69 Å². The molecule has 0 aliphatic rings. The third-order valence-corrected chi connectivity index (χ3v) is 2.62. The van der Waals surface area contributed by atoms with Crippen molar-refractivity contribution in [2.45, 2.75) is 13.8 Å². The third kappa shape index (κ3) is 3.18. The summed E-state index contributed by atoms with van der Waals surface area (Å²) < 4.78 is 0. The predicted octanol–water partition coefficient (Wildman–Crippen LogP) is 3.75. The van der Waals surface area contributed by atoms with Crippen LogP contribution in [-0.4, -0.2) is 6.21 Å². The van der Waals surface area contributed by atoms with E-state index in [1.165, 1.54) is 11.1 Å². The maximum atomic E-state index is 4.23. The molecule has 0 amide bonds. The van der Waals surface area contributed by atoms with Crippen LogP contribution in [0.2, 0.25) is 0 Å². The molecule has 2 heteroatoms. The fourth-order valence-corrected chi connectivity index (χ4v) is 1.53. The first-order valence-electron chi connectivity index (χ1n) is 5.67. The molecular weight excluding hydrogens is 208 g/mol. The molecule has 2 aromatic carbocycles. The summed E-state index contributed by atoms with van der Waals surface area (Å²) in [6, 6.07) is 16.4. The van der Waals surface area contributed by atoms with Gasteiger partial charge in [0.2, 0.25) is 0 Å². The Morgan fingerprint density at radius 2 is 1.65 bits per heavy atom. The molecule has 2 nitrogen and oxygen atoms in total. The van der Waals surface area contributed by atoms with E-state index < -0.39 is 0 Å². The lowest BCUT2D eigenvalue weighted by Gasteiger charge is -2.03. The van der Waals surface area contributed by atoms with Crippen LogP contribution in [0.15, 0.2) is 53.6 Å². The number of aryl methyl sites for hydroxylation is 2. The van der Waals surface area contributed by atoms with Gasteiger partial charge >= 0.3 is 0 Å². The molecular formula is C15H16N2. The van der Waals surface area contributed by atoms with E-state index in [9.17, 15) is 0 Å². The van der Waals surface area contributed by atoms with Crippen LogP contribution in [0.3, 0.4) is 0 Å². The Morgan fingerprint density at radius 1 is 0.941 bits per heavy atom. The lowest BCUT2D eigenvalue weighted by molar-refractivity contribution is 1.31. The quantitative estimate of drug-likeness (QED) is 0.623. The van der Waals surface area contributed by atoms with Gasteiger partial charge in [0.05, 0.1) is 11.9 Å². The first kappa shape index (κ1) is 11.4. The van der Waals surface area contributed by atoms with Crippen molar-refractivity contribution < 1.29 is 0 Å². The minimum atomic E-state index is 1.04. The van der Waals surface area contributed by atoms with Crippen LogP contribution in [0, 0.1) is 13.8 Å². The largest absolute Gasteiger partial charge is 0.278 e. The number of hydrogen-bond donors (Lipinski definition) is 1. The maximum Gasteiger partial charge on any atom is 0.0590 e. The number of hydrogen-bond acceptors (Lipinski definition) is 2. The molecule has 17 heavy (non-hydrogen) atoms. The van der Waals surface area contributed by atoms with Gasteiger partial charge in [-0.25, -0.2) is 0 Å². The zero-order valence-electron chi connectivity index (χ0n) is 10.1. The number of benzene rings is 2. The number of para-hydroxylation sites is 1. The van der Waals surface area contributed by atoms with Crippen molar-refractivity contribution in [2.24, 2.45) is 5.10 Å². The van der Waals surface area contributed by atoms with Gasteiger partial charge in [0.15, 0.2) is 0 Å². The van der Waals surface area contributed by atoms with Gasteiger partial charge in [-0.15, -0.1) is 0 Å². The Morgan fingerprint density at radius 3 is 2.35 bits per heavy atom. The van der Waals surface area contributed by atoms with E-state index in [1.807, 2.05) is 24.4 Å². The Balaban J connectivity index is 2.03. The molecule has 0 spiro atoms. The van der Waals surface area contributed by atoms with E-state index in [1.54, 1.807) is 0 Å². The fourth-order valence-electron chi connectivity index (χ4n) is 1.53. The van der Waals surface area contributed by atoms with Crippen LogP contribution in [0.25, 0.3) is 0 Å². The average molecular weight is 224 g/mol. The van der Waals surface area contributed by atoms with Crippen molar-refractivity contribution in [1.29, 1.82) is 0 Å². The molecule has 86 valence electrons. The molecule has 0 aromatic heterocycles. The van der Waals surface area contributed by atoms with Gasteiger partial charge in [0, 0.05) is 0 Å². The Bertz CT molecular complexity index is 513. The lowest BCUT2D eigenvalue weighted by atomic mass is 10.2. The van der Waals surface area contributed by atoms with E-state index in [4.69, 9.17) is 0 Å². The van der Waals surface area contributed by atoms with Gasteiger partial charge < -0.3 is 0 Å². The SMILES string of the molecule is Cc1ccc(/C=N/Nc2ccccc2C)cc1. The summed E-state index contributed by atoms with van der Waals surface area (Å²) in [6.45, 7) is 4.14. The third-order valence-electron chi connectivity index (χ3n) is 2.62. The first-order chi connectivity index (χ1) is 8.25. The predicted molar refractivity (Wildman–Crippen MR) is 73.6 cm³/mol. The topological polar surface area (TPSA) is 24.4 Å². The summed E-state index contributed by atoms with van der Waals surface area (Å²) in [5.41, 5.74) is 7.62. The molecule has 0 saturated carbocycles. The minimum Gasteiger partial charge on any atom is -0.278 e. The van der Waals surface area contributed by atoms with Crippen LogP contribution in [0.1, 0.15) is 16.7 Å². The van der Waals surface area contributed by atoms with Crippen LogP contribution in [0.5, 0.6) is 0 Å². The molecule has 0 saturated heterocycles. The van der Waals surface area contributed by atoms with E-state index in [2.05, 4.69) is 54.7 Å². The highest BCUT2D eigenvalue weighted by Crippen LogP contribution is 2.12. The van der Waals surface area contributed by atoms with E-state index in [-0.39, 0.29) is 0 Å². The number of nitrogens with zero attached hydrogens (tertiary/aromatic N) is 1. The van der Waals surface area contributed by atoms with Gasteiger partial charge in [0.1, 0.15) is 0 Å². The smallest absolute Gasteiger partial charge is 0.0590 e. The molecule has 0 aliphatic heterocycles. The molecule has 0 bridgehead atoms. The maximum absolute atomic E-state index is 4.23. The summed E-state index contributed by atoms with van der Waals surface area (Å²) in [6.07, 6.45) is 1.83. The van der Waals surface area contributed by atoms with Gasteiger partial charge in [-0.2, -0.15) is 5.10 Å². The Hall–Kier alpha value is -2.09. The molecule has 0 atom stereocenters. The van der Waals surface area contributed by atoms with Crippen molar-refractivity contribution in [2.75, 3.05) is 5.43 Å². The molecule has 2 rings (SSSR count). The Labute approximate surface area is 102 Å². The molecule has 2 aromatic rings. The highest BCUT2D eigenvalue weighted by atomic mass is 15.3. The molecule has 0 aliphatic carbocycles. The van der Waals surface area contributed by atoms with E-state index in [0.717, 1.165) is 11.3 Å². The summed E-state index contributed by atoms with van der Waals surface area (Å²) >= 11 is 0. The van der Waals surface area contributed by atoms with Crippen LogP contribution >= 0.6 is 0 Å². The van der Waals surface area contributed by atoms with Crippen molar-refractivity contribution in [3.63, 3.8) is 0 Å². The summed E-state index contributed by atoms with van der Waals surface area (Å²) in [7, 11) is 0. The Kier molecular flexibility index (Phi) is 3.55. The zero-order chi connectivity index (χ0) is 12.1. The zero-order valence-corrected chi connectivity index (χ0v) is 10.1. The summed E-state index contributed by atoms with van der Waals surface area (Å²) in [4.78, 5) is 0. The first-order valence-corrected chi connectivity index (χ1v) is 5.67. The fraction of sp³-hybridized carbons (Fsp3) is 0.133. The molecule has 0 heterocycles. The number of anilines is 1.